The van der Waals surface area contributed by atoms with Crippen molar-refractivity contribution in [3.05, 3.63) is 17.5 Å². The smallest absolute Gasteiger partial charge is 0.241 e. The normalized spacial score (nSPS) is 26.8. The van der Waals surface area contributed by atoms with Crippen LogP contribution in [0.5, 0.6) is 0 Å². The number of amides is 1. The number of ether oxygens (including phenoxy) is 1. The minimum atomic E-state index is -0.892. The molecule has 6 nitrogen and oxygen atoms in total. The van der Waals surface area contributed by atoms with Crippen LogP contribution in [-0.2, 0) is 16.6 Å². The van der Waals surface area contributed by atoms with Crippen LogP contribution in [0.1, 0.15) is 51.4 Å². The van der Waals surface area contributed by atoms with Gasteiger partial charge in [-0.25, -0.2) is 0 Å². The van der Waals surface area contributed by atoms with Gasteiger partial charge in [0.15, 0.2) is 0 Å². The molecule has 0 radical (unpaired) electrons. The summed E-state index contributed by atoms with van der Waals surface area (Å²) in [5.41, 5.74) is 7.18. The summed E-state index contributed by atoms with van der Waals surface area (Å²) in [5, 5.41) is 7.26. The molecule has 1 aromatic heterocycles. The van der Waals surface area contributed by atoms with E-state index in [1.165, 1.54) is 0 Å². The number of halogens is 1. The highest BCUT2D eigenvalue weighted by Gasteiger charge is 2.62. The van der Waals surface area contributed by atoms with E-state index in [9.17, 15) is 4.79 Å². The van der Waals surface area contributed by atoms with E-state index in [4.69, 9.17) is 10.5 Å². The number of nitrogens with one attached hydrogen (secondary N) is 1. The van der Waals surface area contributed by atoms with Crippen LogP contribution in [0.4, 0.5) is 0 Å². The zero-order chi connectivity index (χ0) is 16.7. The van der Waals surface area contributed by atoms with Crippen LogP contribution in [0.15, 0.2) is 6.20 Å². The van der Waals surface area contributed by atoms with Gasteiger partial charge in [0.25, 0.3) is 0 Å². The van der Waals surface area contributed by atoms with Gasteiger partial charge in [0.1, 0.15) is 5.54 Å². The molecule has 0 bridgehead atoms. The standard InChI is InChI=1S/C16H28N4O2.ClH/c1-7-22-13-8-16(17,15(13,4)5)14(21)19-10(2)12-9-18-20(6)11(12)3;/h9-10,13H,7-8,17H2,1-6H3,(H,19,21);1H. The Balaban J connectivity index is 0.00000264. The van der Waals surface area contributed by atoms with Crippen molar-refractivity contribution in [2.75, 3.05) is 6.61 Å². The second-order valence-corrected chi connectivity index (χ2v) is 6.85. The van der Waals surface area contributed by atoms with E-state index in [-0.39, 0.29) is 35.9 Å². The molecule has 132 valence electrons. The molecule has 0 aromatic carbocycles. The number of carbonyl (C=O) groups excluding carboxylic acids is 1. The van der Waals surface area contributed by atoms with Gasteiger partial charge >= 0.3 is 0 Å². The van der Waals surface area contributed by atoms with Crippen molar-refractivity contribution in [1.29, 1.82) is 0 Å². The molecular weight excluding hydrogens is 316 g/mol. The predicted octanol–water partition coefficient (Wildman–Crippen LogP) is 1.86. The predicted molar refractivity (Wildman–Crippen MR) is 92.5 cm³/mol. The van der Waals surface area contributed by atoms with Gasteiger partial charge in [-0.05, 0) is 20.8 Å². The molecule has 1 aliphatic rings. The number of nitrogens with zero attached hydrogens (tertiary/aromatic N) is 2. The lowest BCUT2D eigenvalue weighted by Crippen LogP contribution is -2.75. The highest BCUT2D eigenvalue weighted by atomic mass is 35.5. The quantitative estimate of drug-likeness (QED) is 0.854. The van der Waals surface area contributed by atoms with E-state index in [1.807, 2.05) is 41.7 Å². The van der Waals surface area contributed by atoms with Crippen molar-refractivity contribution in [3.8, 4) is 0 Å². The highest BCUT2D eigenvalue weighted by molar-refractivity contribution is 5.89. The van der Waals surface area contributed by atoms with Gasteiger partial charge < -0.3 is 15.8 Å². The van der Waals surface area contributed by atoms with Crippen LogP contribution >= 0.6 is 12.4 Å². The first kappa shape index (κ1) is 19.9. The van der Waals surface area contributed by atoms with Crippen LogP contribution in [0.25, 0.3) is 0 Å². The third kappa shape index (κ3) is 3.12. The van der Waals surface area contributed by atoms with Crippen LogP contribution < -0.4 is 11.1 Å². The number of carbonyl (C=O) groups is 1. The zero-order valence-corrected chi connectivity index (χ0v) is 15.7. The first-order valence-electron chi connectivity index (χ1n) is 7.85. The minimum absolute atomic E-state index is 0. The average Bonchev–Trinajstić information content (AvgIpc) is 2.78. The Morgan fingerprint density at radius 3 is 2.65 bits per heavy atom. The lowest BCUT2D eigenvalue weighted by Gasteiger charge is -2.57. The summed E-state index contributed by atoms with van der Waals surface area (Å²) in [5.74, 6) is -0.121. The SMILES string of the molecule is CCOC1CC(N)(C(=O)NC(C)c2cnn(C)c2C)C1(C)C.Cl. The first-order chi connectivity index (χ1) is 10.1. The third-order valence-electron chi connectivity index (χ3n) is 5.32. The first-order valence-corrected chi connectivity index (χ1v) is 7.85. The fourth-order valence-electron chi connectivity index (χ4n) is 3.16. The summed E-state index contributed by atoms with van der Waals surface area (Å²) in [6.07, 6.45) is 2.38. The molecule has 3 N–H and O–H groups in total. The second-order valence-electron chi connectivity index (χ2n) is 6.85. The van der Waals surface area contributed by atoms with Crippen molar-refractivity contribution in [3.63, 3.8) is 0 Å². The number of nitrogens with two attached hydrogens (primary N) is 1. The van der Waals surface area contributed by atoms with Gasteiger partial charge in [0, 0.05) is 36.7 Å². The molecule has 1 aromatic rings. The van der Waals surface area contributed by atoms with Gasteiger partial charge in [0.05, 0.1) is 18.3 Å². The third-order valence-corrected chi connectivity index (χ3v) is 5.32. The van der Waals surface area contributed by atoms with E-state index in [2.05, 4.69) is 10.4 Å². The summed E-state index contributed by atoms with van der Waals surface area (Å²) >= 11 is 0. The Morgan fingerprint density at radius 2 is 2.22 bits per heavy atom. The fourth-order valence-corrected chi connectivity index (χ4v) is 3.16. The maximum atomic E-state index is 12.7. The number of hydrogen-bond donors (Lipinski definition) is 2. The van der Waals surface area contributed by atoms with Gasteiger partial charge in [-0.15, -0.1) is 12.4 Å². The van der Waals surface area contributed by atoms with Crippen molar-refractivity contribution in [2.45, 2.75) is 58.7 Å². The average molecular weight is 345 g/mol. The number of hydrogen-bond acceptors (Lipinski definition) is 4. The Morgan fingerprint density at radius 1 is 1.61 bits per heavy atom. The summed E-state index contributed by atoms with van der Waals surface area (Å²) in [6.45, 7) is 10.5. The highest BCUT2D eigenvalue weighted by Crippen LogP contribution is 2.50. The van der Waals surface area contributed by atoms with Crippen molar-refractivity contribution >= 4 is 18.3 Å². The van der Waals surface area contributed by atoms with Crippen molar-refractivity contribution in [2.24, 2.45) is 18.2 Å². The molecule has 2 rings (SSSR count). The van der Waals surface area contributed by atoms with E-state index in [1.54, 1.807) is 10.9 Å². The second kappa shape index (κ2) is 6.79. The molecule has 1 heterocycles. The van der Waals surface area contributed by atoms with Crippen LogP contribution in [-0.4, -0.2) is 33.9 Å². The minimum Gasteiger partial charge on any atom is -0.378 e. The molecule has 1 aliphatic carbocycles. The molecule has 3 atom stereocenters. The number of aryl methyl sites for hydroxylation is 1. The van der Waals surface area contributed by atoms with E-state index in [0.717, 1.165) is 11.3 Å². The van der Waals surface area contributed by atoms with Gasteiger partial charge in [-0.1, -0.05) is 13.8 Å². The summed E-state index contributed by atoms with van der Waals surface area (Å²) in [6, 6.07) is -0.122. The molecule has 0 aliphatic heterocycles. The maximum Gasteiger partial charge on any atom is 0.241 e. The van der Waals surface area contributed by atoms with E-state index < -0.39 is 5.54 Å². The summed E-state index contributed by atoms with van der Waals surface area (Å²) in [7, 11) is 1.89. The van der Waals surface area contributed by atoms with Crippen molar-refractivity contribution < 1.29 is 9.53 Å². The molecule has 0 spiro atoms. The fraction of sp³-hybridized carbons (Fsp3) is 0.750. The van der Waals surface area contributed by atoms with Crippen LogP contribution in [0.2, 0.25) is 0 Å². The molecule has 1 saturated carbocycles. The molecule has 1 amide bonds. The molecule has 0 saturated heterocycles. The zero-order valence-electron chi connectivity index (χ0n) is 14.8. The molecule has 3 unspecified atom stereocenters. The van der Waals surface area contributed by atoms with Crippen LogP contribution in [0, 0.1) is 12.3 Å². The molecule has 1 fully saturated rings. The lowest BCUT2D eigenvalue weighted by atomic mass is 9.54. The summed E-state index contributed by atoms with van der Waals surface area (Å²) in [4.78, 5) is 12.7. The topological polar surface area (TPSA) is 82.2 Å². The molecule has 7 heteroatoms. The Kier molecular flexibility index (Phi) is 5.88. The van der Waals surface area contributed by atoms with E-state index in [0.29, 0.717) is 13.0 Å². The van der Waals surface area contributed by atoms with Gasteiger partial charge in [0.2, 0.25) is 5.91 Å². The lowest BCUT2D eigenvalue weighted by molar-refractivity contribution is -0.171. The summed E-state index contributed by atoms with van der Waals surface area (Å²) < 4.78 is 7.48. The van der Waals surface area contributed by atoms with Gasteiger partial charge in [-0.2, -0.15) is 5.10 Å². The number of aromatic nitrogens is 2. The van der Waals surface area contributed by atoms with E-state index >= 15 is 0 Å². The molecule has 23 heavy (non-hydrogen) atoms. The Labute approximate surface area is 144 Å². The maximum absolute atomic E-state index is 12.7. The Bertz CT molecular complexity index is 572. The monoisotopic (exact) mass is 344 g/mol. The Hall–Kier alpha value is -1.11. The number of rotatable bonds is 5. The van der Waals surface area contributed by atoms with Crippen molar-refractivity contribution in [1.82, 2.24) is 15.1 Å². The molecular formula is C16H29ClN4O2. The largest absolute Gasteiger partial charge is 0.378 e. The van der Waals surface area contributed by atoms with Crippen LogP contribution in [0.3, 0.4) is 0 Å². The van der Waals surface area contributed by atoms with Gasteiger partial charge in [-0.3, -0.25) is 9.48 Å².